The van der Waals surface area contributed by atoms with Crippen molar-refractivity contribution >= 4 is 22.6 Å². The first-order chi connectivity index (χ1) is 22.1. The van der Waals surface area contributed by atoms with Crippen LogP contribution in [-0.4, -0.2) is 0 Å². The zero-order valence-electron chi connectivity index (χ0n) is 27.0. The Kier molecular flexibility index (Phi) is 9.31. The Morgan fingerprint density at radius 3 is 1.80 bits per heavy atom. The summed E-state index contributed by atoms with van der Waals surface area (Å²) >= 11 is 0. The maximum absolute atomic E-state index is 6.40. The van der Waals surface area contributed by atoms with Crippen LogP contribution in [0.4, 0.5) is 17.1 Å². The standard InChI is InChI=1S/C43H43NO/c1-5-9-10-16-33(15-6-2)37-29-36(44-39-17-11-13-19-41(39)45-42-20-14-12-18-40(42)44)30-38(34-25-21-31(7-3)22-26-34)43(37)35-27-23-32(8-4)24-28-35/h10-30H,5-9H2,1-4H3/b16-10-,33-15+. The lowest BCUT2D eigenvalue weighted by molar-refractivity contribution is 0.477. The average molecular weight is 590 g/mol. The maximum atomic E-state index is 6.40. The van der Waals surface area contributed by atoms with Gasteiger partial charge in [0.25, 0.3) is 0 Å². The van der Waals surface area contributed by atoms with Crippen molar-refractivity contribution in [2.75, 3.05) is 4.90 Å². The monoisotopic (exact) mass is 589 g/mol. The molecule has 0 spiro atoms. The number of aryl methyl sites for hydroxylation is 2. The summed E-state index contributed by atoms with van der Waals surface area (Å²) in [5.41, 5.74) is 13.3. The first kappa shape index (κ1) is 30.2. The van der Waals surface area contributed by atoms with Crippen molar-refractivity contribution in [3.8, 4) is 33.8 Å². The molecule has 0 fully saturated rings. The average Bonchev–Trinajstić information content (AvgIpc) is 3.10. The van der Waals surface area contributed by atoms with E-state index in [0.29, 0.717) is 0 Å². The third kappa shape index (κ3) is 6.24. The maximum Gasteiger partial charge on any atom is 0.151 e. The second-order valence-electron chi connectivity index (χ2n) is 11.6. The molecule has 1 aliphatic rings. The van der Waals surface area contributed by atoms with Crippen molar-refractivity contribution in [2.24, 2.45) is 0 Å². The zero-order valence-corrected chi connectivity index (χ0v) is 27.0. The van der Waals surface area contributed by atoms with E-state index in [0.717, 1.165) is 60.7 Å². The molecule has 226 valence electrons. The predicted octanol–water partition coefficient (Wildman–Crippen LogP) is 12.9. The van der Waals surface area contributed by atoms with Gasteiger partial charge >= 0.3 is 0 Å². The highest BCUT2D eigenvalue weighted by Crippen LogP contribution is 2.52. The molecule has 5 aromatic carbocycles. The van der Waals surface area contributed by atoms with E-state index in [1.165, 1.54) is 44.5 Å². The van der Waals surface area contributed by atoms with Crippen LogP contribution < -0.4 is 9.64 Å². The summed E-state index contributed by atoms with van der Waals surface area (Å²) in [5, 5.41) is 0. The fourth-order valence-corrected chi connectivity index (χ4v) is 6.20. The Balaban J connectivity index is 1.69. The molecule has 0 atom stereocenters. The number of para-hydroxylation sites is 4. The molecule has 45 heavy (non-hydrogen) atoms. The van der Waals surface area contributed by atoms with Crippen LogP contribution >= 0.6 is 0 Å². The minimum atomic E-state index is 0.859. The molecule has 0 radical (unpaired) electrons. The number of fused-ring (bicyclic) bond motifs is 2. The normalized spacial score (nSPS) is 12.6. The van der Waals surface area contributed by atoms with Crippen molar-refractivity contribution in [3.63, 3.8) is 0 Å². The van der Waals surface area contributed by atoms with E-state index in [1.54, 1.807) is 0 Å². The van der Waals surface area contributed by atoms with Crippen LogP contribution in [-0.2, 0) is 12.8 Å². The Bertz CT molecular complexity index is 1780. The fraction of sp³-hybridized carbons (Fsp3) is 0.209. The van der Waals surface area contributed by atoms with Gasteiger partial charge in [-0.1, -0.05) is 125 Å². The van der Waals surface area contributed by atoms with Crippen molar-refractivity contribution in [2.45, 2.75) is 59.8 Å². The van der Waals surface area contributed by atoms with Gasteiger partial charge in [-0.2, -0.15) is 0 Å². The van der Waals surface area contributed by atoms with E-state index in [2.05, 4.69) is 148 Å². The molecule has 0 unspecified atom stereocenters. The van der Waals surface area contributed by atoms with E-state index in [4.69, 9.17) is 4.74 Å². The fourth-order valence-electron chi connectivity index (χ4n) is 6.20. The summed E-state index contributed by atoms with van der Waals surface area (Å²) in [4.78, 5) is 2.37. The Hall–Kier alpha value is -4.82. The third-order valence-corrected chi connectivity index (χ3v) is 8.63. The molecule has 5 aromatic rings. The van der Waals surface area contributed by atoms with E-state index in [1.807, 2.05) is 12.1 Å². The van der Waals surface area contributed by atoms with Gasteiger partial charge < -0.3 is 9.64 Å². The second kappa shape index (κ2) is 13.9. The Morgan fingerprint density at radius 2 is 1.24 bits per heavy atom. The molecule has 0 amide bonds. The van der Waals surface area contributed by atoms with Crippen LogP contribution in [0.2, 0.25) is 0 Å². The molecular weight excluding hydrogens is 546 g/mol. The largest absolute Gasteiger partial charge is 0.453 e. The molecule has 1 heterocycles. The molecule has 0 saturated heterocycles. The zero-order chi connectivity index (χ0) is 31.2. The van der Waals surface area contributed by atoms with Crippen molar-refractivity contribution in [1.29, 1.82) is 0 Å². The van der Waals surface area contributed by atoms with Crippen LogP contribution in [0.5, 0.6) is 11.5 Å². The summed E-state index contributed by atoms with van der Waals surface area (Å²) in [5.74, 6) is 1.72. The summed E-state index contributed by atoms with van der Waals surface area (Å²) < 4.78 is 6.40. The topological polar surface area (TPSA) is 12.5 Å². The molecule has 0 saturated carbocycles. The van der Waals surface area contributed by atoms with Crippen LogP contribution in [0.1, 0.15) is 63.6 Å². The van der Waals surface area contributed by atoms with E-state index < -0.39 is 0 Å². The number of unbranched alkanes of at least 4 members (excludes halogenated alkanes) is 1. The van der Waals surface area contributed by atoms with Crippen LogP contribution in [0.25, 0.3) is 27.8 Å². The molecule has 2 nitrogen and oxygen atoms in total. The van der Waals surface area contributed by atoms with Crippen LogP contribution in [0.15, 0.2) is 127 Å². The number of ether oxygens (including phenoxy) is 1. The van der Waals surface area contributed by atoms with Gasteiger partial charge in [0.05, 0.1) is 11.4 Å². The van der Waals surface area contributed by atoms with Crippen molar-refractivity contribution < 1.29 is 4.74 Å². The predicted molar refractivity (Wildman–Crippen MR) is 193 cm³/mol. The first-order valence-electron chi connectivity index (χ1n) is 16.5. The van der Waals surface area contributed by atoms with E-state index >= 15 is 0 Å². The quantitative estimate of drug-likeness (QED) is 0.147. The second-order valence-corrected chi connectivity index (χ2v) is 11.6. The lowest BCUT2D eigenvalue weighted by atomic mass is 9.85. The smallest absolute Gasteiger partial charge is 0.151 e. The minimum absolute atomic E-state index is 0.859. The highest BCUT2D eigenvalue weighted by atomic mass is 16.5. The SMILES string of the molecule is CC/C=C(\C=C/CCC)c1cc(N2c3ccccc3Oc3ccccc32)cc(-c2ccc(CC)cc2)c1-c1ccc(CC)cc1. The molecular formula is C43H43NO. The molecule has 1 aliphatic heterocycles. The van der Waals surface area contributed by atoms with Gasteiger partial charge in [0.2, 0.25) is 0 Å². The Labute approximate surface area is 269 Å². The van der Waals surface area contributed by atoms with Gasteiger partial charge in [-0.05, 0) is 107 Å². The number of anilines is 3. The van der Waals surface area contributed by atoms with E-state index in [-0.39, 0.29) is 0 Å². The van der Waals surface area contributed by atoms with Gasteiger partial charge in [-0.25, -0.2) is 0 Å². The van der Waals surface area contributed by atoms with Crippen molar-refractivity contribution in [3.05, 3.63) is 144 Å². The van der Waals surface area contributed by atoms with Crippen molar-refractivity contribution in [1.82, 2.24) is 0 Å². The Morgan fingerprint density at radius 1 is 0.667 bits per heavy atom. The number of benzene rings is 5. The third-order valence-electron chi connectivity index (χ3n) is 8.63. The van der Waals surface area contributed by atoms with Gasteiger partial charge in [-0.3, -0.25) is 0 Å². The number of rotatable bonds is 10. The van der Waals surface area contributed by atoms with Crippen LogP contribution in [0.3, 0.4) is 0 Å². The van der Waals surface area contributed by atoms with Gasteiger partial charge in [0, 0.05) is 5.69 Å². The summed E-state index contributed by atoms with van der Waals surface area (Å²) in [6, 6.07) is 39.8. The summed E-state index contributed by atoms with van der Waals surface area (Å²) in [6.45, 7) is 8.90. The molecule has 0 aliphatic carbocycles. The highest BCUT2D eigenvalue weighted by Gasteiger charge is 2.27. The van der Waals surface area contributed by atoms with Gasteiger partial charge in [0.15, 0.2) is 11.5 Å². The number of hydrogen-bond acceptors (Lipinski definition) is 2. The van der Waals surface area contributed by atoms with E-state index in [9.17, 15) is 0 Å². The molecule has 6 rings (SSSR count). The minimum Gasteiger partial charge on any atom is -0.453 e. The lowest BCUT2D eigenvalue weighted by Gasteiger charge is -2.34. The molecule has 0 N–H and O–H groups in total. The van der Waals surface area contributed by atoms with Gasteiger partial charge in [0.1, 0.15) is 0 Å². The number of nitrogens with zero attached hydrogens (tertiary/aromatic N) is 1. The summed E-state index contributed by atoms with van der Waals surface area (Å²) in [7, 11) is 0. The van der Waals surface area contributed by atoms with Crippen LogP contribution in [0, 0.1) is 0 Å². The lowest BCUT2D eigenvalue weighted by Crippen LogP contribution is -2.16. The number of hydrogen-bond donors (Lipinski definition) is 0. The molecule has 2 heteroatoms. The molecule has 0 bridgehead atoms. The first-order valence-corrected chi connectivity index (χ1v) is 16.5. The number of allylic oxidation sites excluding steroid dienone is 4. The molecule has 0 aromatic heterocycles. The van der Waals surface area contributed by atoms with Gasteiger partial charge in [-0.15, -0.1) is 0 Å². The summed E-state index contributed by atoms with van der Waals surface area (Å²) in [6.07, 6.45) is 12.2. The highest BCUT2D eigenvalue weighted by molar-refractivity contribution is 5.99.